The molecule has 264 valence electrons. The Hall–Kier alpha value is -3.82. The topological polar surface area (TPSA) is 119 Å². The SMILES string of the molecule is CN([C@@H](C(=O)N1C2CCC1CC(N)C2)C(F)(F)c1ccc(OC(=O)C(F)(F)F)cc1)S(=O)(=O)c1ccc2cc(OC3CCCC3)ccc2c1. The van der Waals surface area contributed by atoms with E-state index < -0.39 is 63.4 Å². The van der Waals surface area contributed by atoms with Gasteiger partial charge >= 0.3 is 12.1 Å². The molecule has 0 aromatic heterocycles. The maximum Gasteiger partial charge on any atom is 0.491 e. The lowest BCUT2D eigenvalue weighted by Crippen LogP contribution is -2.61. The Bertz CT molecular complexity index is 1820. The average Bonchev–Trinajstić information content (AvgIpc) is 3.65. The second-order valence-corrected chi connectivity index (χ2v) is 15.0. The number of likely N-dealkylation sites (N-methyl/N-ethyl adjacent to an activating group) is 1. The normalized spacial score (nSPS) is 22.4. The molecule has 0 spiro atoms. The minimum atomic E-state index is -5.32. The Labute approximate surface area is 280 Å². The number of fused-ring (bicyclic) bond motifs is 3. The monoisotopic (exact) mass is 709 g/mol. The van der Waals surface area contributed by atoms with Crippen molar-refractivity contribution in [2.75, 3.05) is 7.05 Å². The highest BCUT2D eigenvalue weighted by atomic mass is 32.2. The molecular weight excluding hydrogens is 673 g/mol. The Balaban J connectivity index is 1.33. The minimum Gasteiger partial charge on any atom is -0.490 e. The van der Waals surface area contributed by atoms with Crippen molar-refractivity contribution in [1.29, 1.82) is 0 Å². The summed E-state index contributed by atoms with van der Waals surface area (Å²) in [4.78, 5) is 26.5. The smallest absolute Gasteiger partial charge is 0.490 e. The molecule has 2 aliphatic heterocycles. The number of carbonyl (C=O) groups is 2. The molecule has 49 heavy (non-hydrogen) atoms. The summed E-state index contributed by atoms with van der Waals surface area (Å²) in [5, 5.41) is 1.18. The summed E-state index contributed by atoms with van der Waals surface area (Å²) in [7, 11) is -3.84. The number of nitrogens with two attached hydrogens (primary N) is 1. The van der Waals surface area contributed by atoms with Crippen molar-refractivity contribution in [1.82, 2.24) is 9.21 Å². The predicted molar refractivity (Wildman–Crippen MR) is 168 cm³/mol. The fourth-order valence-electron chi connectivity index (χ4n) is 7.27. The maximum atomic E-state index is 16.6. The van der Waals surface area contributed by atoms with Gasteiger partial charge in [0.2, 0.25) is 15.9 Å². The summed E-state index contributed by atoms with van der Waals surface area (Å²) in [5.74, 6) is -7.88. The van der Waals surface area contributed by atoms with Gasteiger partial charge in [-0.1, -0.05) is 12.1 Å². The quantitative estimate of drug-likeness (QED) is 0.167. The summed E-state index contributed by atoms with van der Waals surface area (Å²) < 4.78 is 110. The van der Waals surface area contributed by atoms with E-state index in [-0.39, 0.29) is 17.0 Å². The lowest BCUT2D eigenvalue weighted by molar-refractivity contribution is -0.189. The summed E-state index contributed by atoms with van der Waals surface area (Å²) in [6, 6.07) is 8.44. The Morgan fingerprint density at radius 2 is 1.43 bits per heavy atom. The van der Waals surface area contributed by atoms with Gasteiger partial charge in [-0.2, -0.15) is 26.3 Å². The molecule has 1 aliphatic carbocycles. The molecule has 3 atom stereocenters. The van der Waals surface area contributed by atoms with Gasteiger partial charge in [0.15, 0.2) is 6.04 Å². The molecule has 0 radical (unpaired) electrons. The molecule has 3 aromatic carbocycles. The number of hydrogen-bond donors (Lipinski definition) is 1. The van der Waals surface area contributed by atoms with Gasteiger partial charge in [-0.3, -0.25) is 4.79 Å². The highest BCUT2D eigenvalue weighted by Crippen LogP contribution is 2.42. The summed E-state index contributed by atoms with van der Waals surface area (Å²) in [5.41, 5.74) is 5.27. The third kappa shape index (κ3) is 6.97. The van der Waals surface area contributed by atoms with Crippen LogP contribution in [0.25, 0.3) is 10.8 Å². The van der Waals surface area contributed by atoms with Crippen LogP contribution in [-0.4, -0.2) is 73.0 Å². The average molecular weight is 710 g/mol. The lowest BCUT2D eigenvalue weighted by atomic mass is 9.94. The molecule has 2 heterocycles. The number of alkyl halides is 5. The number of rotatable bonds is 9. The molecule has 1 saturated carbocycles. The molecule has 3 aliphatic rings. The summed E-state index contributed by atoms with van der Waals surface area (Å²) in [6.45, 7) is 0. The second kappa shape index (κ2) is 13.1. The van der Waals surface area contributed by atoms with Gasteiger partial charge in [-0.05, 0) is 111 Å². The zero-order valence-electron chi connectivity index (χ0n) is 26.5. The number of piperidine rings is 1. The molecule has 2 N–H and O–H groups in total. The number of halogens is 5. The van der Waals surface area contributed by atoms with Crippen molar-refractivity contribution in [2.24, 2.45) is 5.73 Å². The van der Waals surface area contributed by atoms with Crippen LogP contribution in [0.2, 0.25) is 0 Å². The van der Waals surface area contributed by atoms with Crippen molar-refractivity contribution in [3.63, 3.8) is 0 Å². The molecular formula is C34H36F5N3O6S. The van der Waals surface area contributed by atoms with Gasteiger partial charge in [0.1, 0.15) is 11.5 Å². The fraction of sp³-hybridized carbons (Fsp3) is 0.471. The first-order chi connectivity index (χ1) is 23.1. The van der Waals surface area contributed by atoms with Crippen LogP contribution in [0.15, 0.2) is 65.6 Å². The lowest BCUT2D eigenvalue weighted by Gasteiger charge is -2.42. The number of esters is 1. The Morgan fingerprint density at radius 1 is 0.857 bits per heavy atom. The van der Waals surface area contributed by atoms with Gasteiger partial charge in [-0.25, -0.2) is 13.2 Å². The highest BCUT2D eigenvalue weighted by molar-refractivity contribution is 7.89. The van der Waals surface area contributed by atoms with Crippen LogP contribution in [0, 0.1) is 0 Å². The standard InChI is InChI=1S/C34H36F5N3O6S/c1-41(49(45,46)29-15-7-20-16-28(12-6-21(20)17-29)47-26-4-2-3-5-26)30(31(43)42-24-10-11-25(42)19-23(40)18-24)33(35,36)22-8-13-27(14-9-22)48-32(44)34(37,38)39/h6-9,12-17,23-26,30H,2-5,10-11,18-19,40H2,1H3/t23?,24?,25?,30-/m0/s1. The van der Waals surface area contributed by atoms with Crippen LogP contribution in [0.1, 0.15) is 56.9 Å². The van der Waals surface area contributed by atoms with Crippen LogP contribution in [0.3, 0.4) is 0 Å². The number of ether oxygens (including phenoxy) is 2. The number of hydrogen-bond acceptors (Lipinski definition) is 7. The number of benzene rings is 3. The van der Waals surface area contributed by atoms with Crippen molar-refractivity contribution in [2.45, 2.75) is 98.6 Å². The van der Waals surface area contributed by atoms with Crippen LogP contribution in [0.4, 0.5) is 22.0 Å². The van der Waals surface area contributed by atoms with Crippen molar-refractivity contribution in [3.8, 4) is 11.5 Å². The molecule has 15 heteroatoms. The van der Waals surface area contributed by atoms with E-state index in [4.69, 9.17) is 10.5 Å². The largest absolute Gasteiger partial charge is 0.491 e. The number of carbonyl (C=O) groups excluding carboxylic acids is 2. The van der Waals surface area contributed by atoms with E-state index in [0.717, 1.165) is 44.9 Å². The molecule has 2 saturated heterocycles. The van der Waals surface area contributed by atoms with E-state index >= 15 is 8.78 Å². The van der Waals surface area contributed by atoms with Gasteiger partial charge in [0.05, 0.1) is 11.0 Å². The number of sulfonamides is 1. The predicted octanol–water partition coefficient (Wildman–Crippen LogP) is 5.89. The van der Waals surface area contributed by atoms with Crippen molar-refractivity contribution in [3.05, 3.63) is 66.2 Å². The molecule has 2 unspecified atom stereocenters. The van der Waals surface area contributed by atoms with Crippen LogP contribution < -0.4 is 15.2 Å². The third-order valence-corrected chi connectivity index (χ3v) is 11.5. The van der Waals surface area contributed by atoms with E-state index in [1.807, 2.05) is 0 Å². The first-order valence-corrected chi connectivity index (χ1v) is 17.5. The number of nitrogens with zero attached hydrogens (tertiary/aromatic N) is 2. The number of amides is 1. The van der Waals surface area contributed by atoms with E-state index in [1.54, 1.807) is 24.3 Å². The van der Waals surface area contributed by atoms with E-state index in [0.29, 0.717) is 58.6 Å². The zero-order chi connectivity index (χ0) is 35.3. The maximum absolute atomic E-state index is 16.6. The van der Waals surface area contributed by atoms with Crippen molar-refractivity contribution >= 4 is 32.7 Å². The highest BCUT2D eigenvalue weighted by Gasteiger charge is 2.56. The molecule has 6 rings (SSSR count). The van der Waals surface area contributed by atoms with Gasteiger partial charge in [0.25, 0.3) is 5.92 Å². The second-order valence-electron chi connectivity index (χ2n) is 13.0. The van der Waals surface area contributed by atoms with Crippen LogP contribution in [-0.2, 0) is 25.5 Å². The van der Waals surface area contributed by atoms with Crippen molar-refractivity contribution < 1.29 is 49.4 Å². The van der Waals surface area contributed by atoms with Crippen LogP contribution >= 0.6 is 0 Å². The van der Waals surface area contributed by atoms with Gasteiger partial charge in [0, 0.05) is 30.7 Å². The molecule has 3 fully saturated rings. The first kappa shape index (κ1) is 35.0. The van der Waals surface area contributed by atoms with E-state index in [1.165, 1.54) is 17.0 Å². The summed E-state index contributed by atoms with van der Waals surface area (Å²) in [6.07, 6.45) is 0.655. The minimum absolute atomic E-state index is 0.110. The molecule has 3 aromatic rings. The zero-order valence-corrected chi connectivity index (χ0v) is 27.4. The summed E-state index contributed by atoms with van der Waals surface area (Å²) >= 11 is 0. The molecule has 9 nitrogen and oxygen atoms in total. The van der Waals surface area contributed by atoms with Crippen LogP contribution in [0.5, 0.6) is 11.5 Å². The Kier molecular flexibility index (Phi) is 9.39. The Morgan fingerprint density at radius 3 is 2.04 bits per heavy atom. The molecule has 2 bridgehead atoms. The van der Waals surface area contributed by atoms with Gasteiger partial charge in [-0.15, -0.1) is 0 Å². The van der Waals surface area contributed by atoms with E-state index in [2.05, 4.69) is 4.74 Å². The van der Waals surface area contributed by atoms with Gasteiger partial charge < -0.3 is 20.1 Å². The third-order valence-electron chi connectivity index (χ3n) is 9.71. The molecule has 1 amide bonds. The van der Waals surface area contributed by atoms with E-state index in [9.17, 15) is 31.2 Å². The fourth-order valence-corrected chi connectivity index (χ4v) is 8.61. The first-order valence-electron chi connectivity index (χ1n) is 16.1.